The van der Waals surface area contributed by atoms with Crippen LogP contribution in [0.2, 0.25) is 0 Å². The number of rotatable bonds is 8. The van der Waals surface area contributed by atoms with Gasteiger partial charge in [-0.3, -0.25) is 19.4 Å². The lowest BCUT2D eigenvalue weighted by molar-refractivity contribution is -0.137. The highest BCUT2D eigenvalue weighted by Crippen LogP contribution is 2.02. The lowest BCUT2D eigenvalue weighted by Gasteiger charge is -2.04. The van der Waals surface area contributed by atoms with Gasteiger partial charge in [-0.2, -0.15) is 0 Å². The molecule has 0 aliphatic heterocycles. The molecular formula is C12H17N3O5. The van der Waals surface area contributed by atoms with Crippen molar-refractivity contribution in [3.05, 3.63) is 32.6 Å². The molecule has 0 saturated heterocycles. The number of aliphatic carboxylic acids is 1. The maximum atomic E-state index is 11.6. The fourth-order valence-electron chi connectivity index (χ4n) is 1.64. The van der Waals surface area contributed by atoms with E-state index in [2.05, 4.69) is 10.3 Å². The number of amides is 1. The SMILES string of the molecule is O=C(O)CCCCCCNC(=O)c1cc(=O)[nH]c(=O)[nH]1. The van der Waals surface area contributed by atoms with Gasteiger partial charge < -0.3 is 15.4 Å². The normalized spacial score (nSPS) is 10.2. The number of aromatic amines is 2. The van der Waals surface area contributed by atoms with Crippen molar-refractivity contribution in [2.75, 3.05) is 6.54 Å². The number of carbonyl (C=O) groups excluding carboxylic acids is 1. The molecule has 20 heavy (non-hydrogen) atoms. The molecule has 110 valence electrons. The second kappa shape index (κ2) is 7.93. The topological polar surface area (TPSA) is 132 Å². The van der Waals surface area contributed by atoms with E-state index in [0.29, 0.717) is 19.4 Å². The van der Waals surface area contributed by atoms with E-state index in [0.717, 1.165) is 18.9 Å². The van der Waals surface area contributed by atoms with Crippen molar-refractivity contribution in [3.63, 3.8) is 0 Å². The fourth-order valence-corrected chi connectivity index (χ4v) is 1.64. The van der Waals surface area contributed by atoms with E-state index >= 15 is 0 Å². The lowest BCUT2D eigenvalue weighted by Crippen LogP contribution is -2.31. The molecule has 1 amide bonds. The molecule has 1 aromatic heterocycles. The summed E-state index contributed by atoms with van der Waals surface area (Å²) in [4.78, 5) is 48.1. The Bertz CT molecular complexity index is 547. The Kier molecular flexibility index (Phi) is 6.21. The molecule has 4 N–H and O–H groups in total. The third kappa shape index (κ3) is 5.98. The second-order valence-corrected chi connectivity index (χ2v) is 4.32. The summed E-state index contributed by atoms with van der Waals surface area (Å²) in [6.07, 6.45) is 3.06. The van der Waals surface area contributed by atoms with Gasteiger partial charge in [0.05, 0.1) is 0 Å². The molecule has 1 rings (SSSR count). The van der Waals surface area contributed by atoms with Crippen molar-refractivity contribution < 1.29 is 14.7 Å². The van der Waals surface area contributed by atoms with Crippen LogP contribution in [-0.2, 0) is 4.79 Å². The number of aromatic nitrogens is 2. The highest BCUT2D eigenvalue weighted by molar-refractivity contribution is 5.91. The van der Waals surface area contributed by atoms with E-state index in [1.165, 1.54) is 0 Å². The smallest absolute Gasteiger partial charge is 0.326 e. The third-order valence-corrected chi connectivity index (χ3v) is 2.61. The first-order chi connectivity index (χ1) is 9.49. The summed E-state index contributed by atoms with van der Waals surface area (Å²) in [6.45, 7) is 0.404. The highest BCUT2D eigenvalue weighted by atomic mass is 16.4. The highest BCUT2D eigenvalue weighted by Gasteiger charge is 2.06. The Hall–Kier alpha value is -2.38. The molecular weight excluding hydrogens is 266 g/mol. The van der Waals surface area contributed by atoms with Crippen LogP contribution in [0, 0.1) is 0 Å². The number of carboxylic acid groups (broad SMARTS) is 1. The number of nitrogens with one attached hydrogen (secondary N) is 3. The van der Waals surface area contributed by atoms with Gasteiger partial charge in [0.15, 0.2) is 0 Å². The largest absolute Gasteiger partial charge is 0.481 e. The van der Waals surface area contributed by atoms with Crippen molar-refractivity contribution in [3.8, 4) is 0 Å². The molecule has 0 fully saturated rings. The first-order valence-corrected chi connectivity index (χ1v) is 6.32. The molecule has 0 saturated carbocycles. The molecule has 0 aliphatic carbocycles. The minimum absolute atomic E-state index is 0.0790. The van der Waals surface area contributed by atoms with Gasteiger partial charge in [0.1, 0.15) is 5.69 Å². The van der Waals surface area contributed by atoms with E-state index in [9.17, 15) is 19.2 Å². The Balaban J connectivity index is 2.25. The van der Waals surface area contributed by atoms with Gasteiger partial charge in [0, 0.05) is 19.0 Å². The summed E-state index contributed by atoms with van der Waals surface area (Å²) in [7, 11) is 0. The van der Waals surface area contributed by atoms with Crippen LogP contribution in [0.25, 0.3) is 0 Å². The van der Waals surface area contributed by atoms with Gasteiger partial charge in [0.25, 0.3) is 11.5 Å². The Morgan fingerprint density at radius 3 is 2.45 bits per heavy atom. The minimum atomic E-state index is -0.809. The first-order valence-electron chi connectivity index (χ1n) is 6.32. The number of hydrogen-bond donors (Lipinski definition) is 4. The number of unbranched alkanes of at least 4 members (excludes halogenated alkanes) is 3. The van der Waals surface area contributed by atoms with Crippen LogP contribution in [0.4, 0.5) is 0 Å². The average molecular weight is 283 g/mol. The van der Waals surface area contributed by atoms with Crippen LogP contribution >= 0.6 is 0 Å². The van der Waals surface area contributed by atoms with Gasteiger partial charge in [-0.15, -0.1) is 0 Å². The zero-order valence-corrected chi connectivity index (χ0v) is 10.9. The molecule has 0 atom stereocenters. The summed E-state index contributed by atoms with van der Waals surface area (Å²) in [5.41, 5.74) is -1.44. The zero-order valence-electron chi connectivity index (χ0n) is 10.9. The van der Waals surface area contributed by atoms with E-state index in [4.69, 9.17) is 5.11 Å². The standard InChI is InChI=1S/C12H17N3O5/c16-9-7-8(14-12(20)15-9)11(19)13-6-4-2-1-3-5-10(17)18/h7H,1-6H2,(H,13,19)(H,17,18)(H2,14,15,16,20). The lowest BCUT2D eigenvalue weighted by atomic mass is 10.1. The molecule has 8 heteroatoms. The van der Waals surface area contributed by atoms with E-state index in [-0.39, 0.29) is 12.1 Å². The number of hydrogen-bond acceptors (Lipinski definition) is 4. The molecule has 8 nitrogen and oxygen atoms in total. The van der Waals surface area contributed by atoms with Crippen LogP contribution in [-0.4, -0.2) is 33.5 Å². The molecule has 0 spiro atoms. The number of H-pyrrole nitrogens is 2. The first kappa shape index (κ1) is 15.7. The van der Waals surface area contributed by atoms with Crippen LogP contribution in [0.1, 0.15) is 42.6 Å². The van der Waals surface area contributed by atoms with E-state index in [1.807, 2.05) is 4.98 Å². The van der Waals surface area contributed by atoms with Crippen molar-refractivity contribution in [1.29, 1.82) is 0 Å². The van der Waals surface area contributed by atoms with Crippen LogP contribution < -0.4 is 16.6 Å². The molecule has 0 unspecified atom stereocenters. The van der Waals surface area contributed by atoms with Crippen molar-refractivity contribution in [2.24, 2.45) is 0 Å². The minimum Gasteiger partial charge on any atom is -0.481 e. The Labute approximate surface area is 114 Å². The Morgan fingerprint density at radius 1 is 1.10 bits per heavy atom. The molecule has 0 bridgehead atoms. The number of carboxylic acids is 1. The predicted molar refractivity (Wildman–Crippen MR) is 70.7 cm³/mol. The van der Waals surface area contributed by atoms with Crippen LogP contribution in [0.3, 0.4) is 0 Å². The molecule has 1 heterocycles. The summed E-state index contributed by atoms with van der Waals surface area (Å²) in [5.74, 6) is -1.32. The average Bonchev–Trinajstić information content (AvgIpc) is 2.35. The third-order valence-electron chi connectivity index (χ3n) is 2.61. The summed E-state index contributed by atoms with van der Waals surface area (Å²) >= 11 is 0. The maximum absolute atomic E-state index is 11.6. The Morgan fingerprint density at radius 2 is 1.80 bits per heavy atom. The van der Waals surface area contributed by atoms with Crippen LogP contribution in [0.15, 0.2) is 15.7 Å². The van der Waals surface area contributed by atoms with Gasteiger partial charge >= 0.3 is 11.7 Å². The summed E-state index contributed by atoms with van der Waals surface area (Å²) in [6, 6.07) is 1.02. The van der Waals surface area contributed by atoms with Crippen LogP contribution in [0.5, 0.6) is 0 Å². The summed E-state index contributed by atoms with van der Waals surface area (Å²) in [5, 5.41) is 11.0. The van der Waals surface area contributed by atoms with Gasteiger partial charge in [0.2, 0.25) is 0 Å². The van der Waals surface area contributed by atoms with Gasteiger partial charge in [-0.25, -0.2) is 4.79 Å². The van der Waals surface area contributed by atoms with Gasteiger partial charge in [-0.05, 0) is 12.8 Å². The quantitative estimate of drug-likeness (QED) is 0.492. The zero-order chi connectivity index (χ0) is 15.0. The van der Waals surface area contributed by atoms with E-state index < -0.39 is 23.1 Å². The molecule has 1 aromatic rings. The van der Waals surface area contributed by atoms with E-state index in [1.54, 1.807) is 0 Å². The maximum Gasteiger partial charge on any atom is 0.326 e. The molecule has 0 radical (unpaired) electrons. The second-order valence-electron chi connectivity index (χ2n) is 4.32. The van der Waals surface area contributed by atoms with Gasteiger partial charge in [-0.1, -0.05) is 12.8 Å². The molecule has 0 aliphatic rings. The predicted octanol–water partition coefficient (Wildman–Crippen LogP) is -0.172. The monoisotopic (exact) mass is 283 g/mol. The van der Waals surface area contributed by atoms with Crippen molar-refractivity contribution in [2.45, 2.75) is 32.1 Å². The van der Waals surface area contributed by atoms with Crippen molar-refractivity contribution in [1.82, 2.24) is 15.3 Å². The van der Waals surface area contributed by atoms with Crippen molar-refractivity contribution >= 4 is 11.9 Å². The molecule has 0 aromatic carbocycles. The number of carbonyl (C=O) groups is 2. The fraction of sp³-hybridized carbons (Fsp3) is 0.500. The summed E-state index contributed by atoms with van der Waals surface area (Å²) < 4.78 is 0.